The summed E-state index contributed by atoms with van der Waals surface area (Å²) in [5.41, 5.74) is 1.33. The molecule has 92 valence electrons. The van der Waals surface area contributed by atoms with Gasteiger partial charge in [-0.3, -0.25) is 4.79 Å². The monoisotopic (exact) mass is 235 g/mol. The van der Waals surface area contributed by atoms with Crippen molar-refractivity contribution in [1.29, 1.82) is 0 Å². The molecule has 0 aromatic heterocycles. The van der Waals surface area contributed by atoms with E-state index in [9.17, 15) is 9.18 Å². The lowest BCUT2D eigenvalue weighted by atomic mass is 10.1. The van der Waals surface area contributed by atoms with E-state index in [0.717, 1.165) is 31.4 Å². The topological polar surface area (TPSA) is 20.3 Å². The van der Waals surface area contributed by atoms with Gasteiger partial charge in [0.25, 0.3) is 0 Å². The number of rotatable bonds is 2. The number of carbonyl (C=O) groups is 1. The Morgan fingerprint density at radius 3 is 2.94 bits per heavy atom. The summed E-state index contributed by atoms with van der Waals surface area (Å²) in [6.45, 7) is 3.12. The summed E-state index contributed by atoms with van der Waals surface area (Å²) >= 11 is 0. The Labute approximate surface area is 101 Å². The molecule has 0 bridgehead atoms. The average Bonchev–Trinajstić information content (AvgIpc) is 2.54. The predicted octanol–water partition coefficient (Wildman–Crippen LogP) is 3.41. The summed E-state index contributed by atoms with van der Waals surface area (Å²) in [6, 6.07) is 4.89. The fourth-order valence-corrected chi connectivity index (χ4v) is 2.51. The standard InChI is InChI=1S/C14H18FNO/c1-11-5-3-2-4-8-16(11)14-7-6-13(15)9-12(14)10-17/h6-7,9-11H,2-5,8H2,1H3. The van der Waals surface area contributed by atoms with Crippen LogP contribution in [0.2, 0.25) is 0 Å². The minimum Gasteiger partial charge on any atom is -0.368 e. The van der Waals surface area contributed by atoms with Crippen molar-refractivity contribution in [2.24, 2.45) is 0 Å². The number of aldehydes is 1. The molecule has 1 aliphatic heterocycles. The van der Waals surface area contributed by atoms with E-state index >= 15 is 0 Å². The van der Waals surface area contributed by atoms with Gasteiger partial charge in [0.15, 0.2) is 6.29 Å². The Morgan fingerprint density at radius 2 is 2.18 bits per heavy atom. The molecule has 0 spiro atoms. The van der Waals surface area contributed by atoms with Crippen LogP contribution in [0.4, 0.5) is 10.1 Å². The highest BCUT2D eigenvalue weighted by atomic mass is 19.1. The molecule has 1 heterocycles. The summed E-state index contributed by atoms with van der Waals surface area (Å²) in [6.07, 6.45) is 5.49. The number of nitrogens with zero attached hydrogens (tertiary/aromatic N) is 1. The van der Waals surface area contributed by atoms with Crippen molar-refractivity contribution in [3.63, 3.8) is 0 Å². The first-order valence-corrected chi connectivity index (χ1v) is 6.24. The smallest absolute Gasteiger partial charge is 0.152 e. The third kappa shape index (κ3) is 2.65. The van der Waals surface area contributed by atoms with Crippen LogP contribution in [0.5, 0.6) is 0 Å². The number of benzene rings is 1. The molecule has 1 fully saturated rings. The molecule has 1 aromatic rings. The highest BCUT2D eigenvalue weighted by molar-refractivity contribution is 5.84. The summed E-state index contributed by atoms with van der Waals surface area (Å²) < 4.78 is 13.1. The fraction of sp³-hybridized carbons (Fsp3) is 0.500. The minimum absolute atomic E-state index is 0.349. The Hall–Kier alpha value is -1.38. The summed E-state index contributed by atoms with van der Waals surface area (Å²) in [4.78, 5) is 13.3. The molecule has 0 aliphatic carbocycles. The molecule has 1 aromatic carbocycles. The van der Waals surface area contributed by atoms with Crippen molar-refractivity contribution < 1.29 is 9.18 Å². The van der Waals surface area contributed by atoms with Gasteiger partial charge in [-0.25, -0.2) is 4.39 Å². The lowest BCUT2D eigenvalue weighted by Crippen LogP contribution is -2.33. The number of hydrogen-bond acceptors (Lipinski definition) is 2. The van der Waals surface area contributed by atoms with Crippen LogP contribution in [-0.2, 0) is 0 Å². The van der Waals surface area contributed by atoms with E-state index in [0.29, 0.717) is 11.6 Å². The molecule has 17 heavy (non-hydrogen) atoms. The third-order valence-corrected chi connectivity index (χ3v) is 3.48. The van der Waals surface area contributed by atoms with Crippen LogP contribution in [0.3, 0.4) is 0 Å². The zero-order chi connectivity index (χ0) is 12.3. The molecular formula is C14H18FNO. The quantitative estimate of drug-likeness (QED) is 0.732. The molecule has 1 atom stereocenters. The maximum absolute atomic E-state index is 13.1. The predicted molar refractivity (Wildman–Crippen MR) is 67.1 cm³/mol. The first kappa shape index (κ1) is 12.1. The van der Waals surface area contributed by atoms with Crippen molar-refractivity contribution in [3.05, 3.63) is 29.6 Å². The number of carbonyl (C=O) groups excluding carboxylic acids is 1. The van der Waals surface area contributed by atoms with E-state index < -0.39 is 0 Å². The van der Waals surface area contributed by atoms with Gasteiger partial charge in [-0.2, -0.15) is 0 Å². The van der Waals surface area contributed by atoms with Crippen LogP contribution in [-0.4, -0.2) is 18.9 Å². The molecule has 2 rings (SSSR count). The molecule has 1 aliphatic rings. The molecule has 1 unspecified atom stereocenters. The van der Waals surface area contributed by atoms with Gasteiger partial charge in [0.2, 0.25) is 0 Å². The van der Waals surface area contributed by atoms with E-state index in [1.54, 1.807) is 6.07 Å². The second kappa shape index (κ2) is 5.30. The van der Waals surface area contributed by atoms with E-state index in [-0.39, 0.29) is 5.82 Å². The first-order chi connectivity index (χ1) is 8.22. The maximum atomic E-state index is 13.1. The molecule has 1 saturated heterocycles. The Balaban J connectivity index is 2.33. The Kier molecular flexibility index (Phi) is 3.77. The van der Waals surface area contributed by atoms with Crippen LogP contribution < -0.4 is 4.90 Å². The van der Waals surface area contributed by atoms with Gasteiger partial charge in [-0.1, -0.05) is 12.8 Å². The normalized spacial score (nSPS) is 21.1. The summed E-state index contributed by atoms with van der Waals surface area (Å²) in [5.74, 6) is -0.349. The SMILES string of the molecule is CC1CCCCCN1c1ccc(F)cc1C=O. The number of halogens is 1. The van der Waals surface area contributed by atoms with Crippen molar-refractivity contribution in [3.8, 4) is 0 Å². The highest BCUT2D eigenvalue weighted by Crippen LogP contribution is 2.27. The first-order valence-electron chi connectivity index (χ1n) is 6.24. The average molecular weight is 235 g/mol. The maximum Gasteiger partial charge on any atom is 0.152 e. The molecule has 0 amide bonds. The molecule has 0 radical (unpaired) electrons. The van der Waals surface area contributed by atoms with Gasteiger partial charge >= 0.3 is 0 Å². The summed E-state index contributed by atoms with van der Waals surface area (Å²) in [7, 11) is 0. The fourth-order valence-electron chi connectivity index (χ4n) is 2.51. The van der Waals surface area contributed by atoms with Gasteiger partial charge in [-0.15, -0.1) is 0 Å². The largest absolute Gasteiger partial charge is 0.368 e. The van der Waals surface area contributed by atoms with E-state index in [1.807, 2.05) is 0 Å². The van der Waals surface area contributed by atoms with Gasteiger partial charge in [-0.05, 0) is 38.0 Å². The van der Waals surface area contributed by atoms with Crippen molar-refractivity contribution >= 4 is 12.0 Å². The van der Waals surface area contributed by atoms with Crippen LogP contribution in [0.15, 0.2) is 18.2 Å². The van der Waals surface area contributed by atoms with E-state index in [2.05, 4.69) is 11.8 Å². The van der Waals surface area contributed by atoms with Gasteiger partial charge in [0.05, 0.1) is 0 Å². The van der Waals surface area contributed by atoms with Gasteiger partial charge in [0, 0.05) is 23.8 Å². The number of hydrogen-bond donors (Lipinski definition) is 0. The van der Waals surface area contributed by atoms with Crippen molar-refractivity contribution in [2.45, 2.75) is 38.6 Å². The molecular weight excluding hydrogens is 217 g/mol. The van der Waals surface area contributed by atoms with Crippen LogP contribution >= 0.6 is 0 Å². The molecule has 0 N–H and O–H groups in total. The molecule has 3 heteroatoms. The summed E-state index contributed by atoms with van der Waals surface area (Å²) in [5, 5.41) is 0. The highest BCUT2D eigenvalue weighted by Gasteiger charge is 2.19. The van der Waals surface area contributed by atoms with Crippen LogP contribution in [0, 0.1) is 5.82 Å². The second-order valence-electron chi connectivity index (χ2n) is 4.71. The van der Waals surface area contributed by atoms with Gasteiger partial charge < -0.3 is 4.90 Å². The van der Waals surface area contributed by atoms with E-state index in [4.69, 9.17) is 0 Å². The van der Waals surface area contributed by atoms with Crippen LogP contribution in [0.25, 0.3) is 0 Å². The minimum atomic E-state index is -0.349. The number of anilines is 1. The lowest BCUT2D eigenvalue weighted by Gasteiger charge is -2.30. The van der Waals surface area contributed by atoms with Gasteiger partial charge in [0.1, 0.15) is 5.82 Å². The Morgan fingerprint density at radius 1 is 1.35 bits per heavy atom. The lowest BCUT2D eigenvalue weighted by molar-refractivity contribution is 0.112. The van der Waals surface area contributed by atoms with Crippen LogP contribution in [0.1, 0.15) is 43.0 Å². The van der Waals surface area contributed by atoms with E-state index in [1.165, 1.54) is 25.0 Å². The Bertz CT molecular complexity index is 405. The molecule has 2 nitrogen and oxygen atoms in total. The second-order valence-corrected chi connectivity index (χ2v) is 4.71. The van der Waals surface area contributed by atoms with Crippen molar-refractivity contribution in [2.75, 3.05) is 11.4 Å². The zero-order valence-electron chi connectivity index (χ0n) is 10.2. The molecule has 0 saturated carbocycles. The third-order valence-electron chi connectivity index (χ3n) is 3.48. The zero-order valence-corrected chi connectivity index (χ0v) is 10.2. The van der Waals surface area contributed by atoms with Crippen molar-refractivity contribution in [1.82, 2.24) is 0 Å².